The molecule has 34 heavy (non-hydrogen) atoms. The van der Waals surface area contributed by atoms with E-state index in [2.05, 4.69) is 20.2 Å². The van der Waals surface area contributed by atoms with Crippen LogP contribution in [0.15, 0.2) is 61.1 Å². The lowest BCUT2D eigenvalue weighted by Gasteiger charge is -2.06. The molecule has 6 heterocycles. The van der Waals surface area contributed by atoms with Crippen molar-refractivity contribution in [2.45, 2.75) is 13.3 Å². The molecule has 0 fully saturated rings. The molecule has 0 spiro atoms. The third-order valence-corrected chi connectivity index (χ3v) is 7.19. The average molecular weight is 464 g/mol. The van der Waals surface area contributed by atoms with Gasteiger partial charge in [-0.15, -0.1) is 11.3 Å². The Labute approximate surface area is 195 Å². The van der Waals surface area contributed by atoms with Crippen molar-refractivity contribution >= 4 is 70.8 Å². The molecule has 164 valence electrons. The molecule has 0 radical (unpaired) electrons. The summed E-state index contributed by atoms with van der Waals surface area (Å²) in [6.45, 7) is 1.87. The molecule has 0 saturated carbocycles. The van der Waals surface area contributed by atoms with Crippen LogP contribution in [0.3, 0.4) is 0 Å². The Hall–Kier alpha value is -4.37. The molecule has 2 aliphatic rings. The highest BCUT2D eigenvalue weighted by Crippen LogP contribution is 2.32. The van der Waals surface area contributed by atoms with Crippen molar-refractivity contribution in [3.05, 3.63) is 61.1 Å². The summed E-state index contributed by atoms with van der Waals surface area (Å²) in [5.74, 6) is -0.00352. The van der Waals surface area contributed by atoms with Crippen LogP contribution in [0.4, 0.5) is 0 Å². The van der Waals surface area contributed by atoms with Crippen molar-refractivity contribution < 1.29 is 4.79 Å². The normalized spacial score (nSPS) is 11.9. The van der Waals surface area contributed by atoms with E-state index in [0.29, 0.717) is 17.6 Å². The van der Waals surface area contributed by atoms with Gasteiger partial charge in [-0.3, -0.25) is 29.5 Å². The summed E-state index contributed by atoms with van der Waals surface area (Å²) in [5.41, 5.74) is 6.31. The first-order valence-corrected chi connectivity index (χ1v) is 11.7. The number of hydrogen-bond donors (Lipinski definition) is 2. The fourth-order valence-electron chi connectivity index (χ4n) is 4.42. The van der Waals surface area contributed by atoms with Crippen LogP contribution >= 0.6 is 11.3 Å². The highest BCUT2D eigenvalue weighted by Gasteiger charge is 2.15. The maximum absolute atomic E-state index is 13.1. The summed E-state index contributed by atoms with van der Waals surface area (Å²) < 4.78 is 2.76. The number of aromatic nitrogens is 7. The molecule has 2 aliphatic heterocycles. The van der Waals surface area contributed by atoms with Crippen LogP contribution in [-0.4, -0.2) is 40.6 Å². The lowest BCUT2D eigenvalue weighted by molar-refractivity contribution is 0.0918. The number of aromatic amines is 2. The van der Waals surface area contributed by atoms with Crippen LogP contribution in [0, 0.1) is 0 Å². The number of H-pyrrole nitrogens is 2. The largest absolute Gasteiger partial charge is 0.298 e. The highest BCUT2D eigenvalue weighted by atomic mass is 32.1. The Morgan fingerprint density at radius 2 is 1.97 bits per heavy atom. The van der Waals surface area contributed by atoms with Crippen molar-refractivity contribution in [3.8, 4) is 11.3 Å². The quantitative estimate of drug-likeness (QED) is 0.319. The summed E-state index contributed by atoms with van der Waals surface area (Å²) in [6.07, 6.45) is 5.64. The highest BCUT2D eigenvalue weighted by molar-refractivity contribution is 7.24. The number of carbonyl (C=O) groups is 1. The number of imidazole rings is 1. The average Bonchev–Trinajstić information content (AvgIpc) is 3.61. The second kappa shape index (κ2) is 7.06. The number of benzene rings is 1. The zero-order chi connectivity index (χ0) is 22.8. The first-order valence-electron chi connectivity index (χ1n) is 10.9. The van der Waals surface area contributed by atoms with E-state index < -0.39 is 0 Å². The van der Waals surface area contributed by atoms with E-state index in [1.807, 2.05) is 49.4 Å². The SMILES string of the molecule is CCC(=O)n1c2cncc(c2)c2cc3c(cn2)[nH][nH]c-3c2nc3cccc(c4ccc1s4)c3n2. The molecule has 0 aliphatic carbocycles. The van der Waals surface area contributed by atoms with Gasteiger partial charge in [-0.05, 0) is 30.3 Å². The number of para-hydroxylation sites is 1. The fraction of sp³-hybridized carbons (Fsp3) is 0.0800. The first kappa shape index (κ1) is 19.1. The van der Waals surface area contributed by atoms with Gasteiger partial charge < -0.3 is 0 Å². The van der Waals surface area contributed by atoms with Gasteiger partial charge in [0.05, 0.1) is 40.0 Å². The minimum absolute atomic E-state index is 0.00352. The number of nitrogens with one attached hydrogen (secondary N) is 2. The molecule has 5 aromatic rings. The van der Waals surface area contributed by atoms with Gasteiger partial charge in [-0.2, -0.15) is 0 Å². The van der Waals surface area contributed by atoms with E-state index in [-0.39, 0.29) is 5.91 Å². The first-order chi connectivity index (χ1) is 16.7. The van der Waals surface area contributed by atoms with Crippen LogP contribution in [0.5, 0.6) is 0 Å². The van der Waals surface area contributed by atoms with Gasteiger partial charge in [0.25, 0.3) is 0 Å². The van der Waals surface area contributed by atoms with Crippen LogP contribution in [0.25, 0.3) is 64.8 Å². The lowest BCUT2D eigenvalue weighted by atomic mass is 10.1. The van der Waals surface area contributed by atoms with E-state index in [4.69, 9.17) is 9.97 Å². The molecule has 0 amide bonds. The zero-order valence-corrected chi connectivity index (χ0v) is 18.8. The van der Waals surface area contributed by atoms with E-state index in [9.17, 15) is 4.79 Å². The molecule has 2 N–H and O–H groups in total. The monoisotopic (exact) mass is 463 g/mol. The van der Waals surface area contributed by atoms with Gasteiger partial charge in [0.1, 0.15) is 10.5 Å². The molecule has 9 heteroatoms. The maximum atomic E-state index is 13.1. The number of nitrogens with zero attached hydrogens (tertiary/aromatic N) is 5. The molecule has 4 aromatic heterocycles. The maximum Gasteiger partial charge on any atom is 0.231 e. The van der Waals surface area contributed by atoms with Gasteiger partial charge in [-0.1, -0.05) is 19.1 Å². The van der Waals surface area contributed by atoms with Crippen LogP contribution in [0.2, 0.25) is 0 Å². The van der Waals surface area contributed by atoms with E-state index in [0.717, 1.165) is 53.6 Å². The predicted octanol–water partition coefficient (Wildman–Crippen LogP) is 5.83. The Morgan fingerprint density at radius 3 is 2.88 bits per heavy atom. The summed E-state index contributed by atoms with van der Waals surface area (Å²) in [6, 6.07) is 14.0. The number of pyridine rings is 2. The smallest absolute Gasteiger partial charge is 0.231 e. The van der Waals surface area contributed by atoms with Crippen molar-refractivity contribution in [3.63, 3.8) is 0 Å². The third kappa shape index (κ3) is 2.74. The van der Waals surface area contributed by atoms with Crippen molar-refractivity contribution in [2.24, 2.45) is 0 Å². The Morgan fingerprint density at radius 1 is 1.03 bits per heavy atom. The predicted molar refractivity (Wildman–Crippen MR) is 135 cm³/mol. The number of fused-ring (bicyclic) bond motifs is 9. The molecule has 0 unspecified atom stereocenters. The molecular weight excluding hydrogens is 446 g/mol. The zero-order valence-electron chi connectivity index (χ0n) is 18.0. The molecule has 0 atom stereocenters. The molecule has 8 bridgehead atoms. The number of carbonyl (C=O) groups excluding carboxylic acids is 1. The lowest BCUT2D eigenvalue weighted by Crippen LogP contribution is -2.09. The van der Waals surface area contributed by atoms with E-state index in [1.54, 1.807) is 34.5 Å². The van der Waals surface area contributed by atoms with Crippen molar-refractivity contribution in [1.29, 1.82) is 0 Å². The fourth-order valence-corrected chi connectivity index (χ4v) is 5.49. The Kier molecular flexibility index (Phi) is 3.97. The number of hydrogen-bond acceptors (Lipinski definition) is 6. The minimum atomic E-state index is -0.00352. The molecule has 7 rings (SSSR count). The number of rotatable bonds is 1. The summed E-state index contributed by atoms with van der Waals surface area (Å²) in [7, 11) is 0. The van der Waals surface area contributed by atoms with Gasteiger partial charge in [0.15, 0.2) is 5.65 Å². The van der Waals surface area contributed by atoms with Crippen molar-refractivity contribution in [1.82, 2.24) is 34.7 Å². The molecule has 0 saturated heterocycles. The number of thiophene rings is 1. The second-order valence-corrected chi connectivity index (χ2v) is 9.18. The standard InChI is InChI=1S/C25H17N7OS/c1-2-21(33)32-14-8-13(10-26-11-14)18-9-16-19(12-27-18)30-31-24(16)25-28-17-5-3-4-15(23(17)29-25)20-6-7-22(32)34-20/h3-12,30-31H,2H2,1H3. The van der Waals surface area contributed by atoms with Gasteiger partial charge >= 0.3 is 0 Å². The third-order valence-electron chi connectivity index (χ3n) is 6.09. The van der Waals surface area contributed by atoms with Crippen LogP contribution in [-0.2, 0) is 0 Å². The molecule has 1 aromatic carbocycles. The Balaban J connectivity index is 1.76. The summed E-state index contributed by atoms with van der Waals surface area (Å²) in [5, 5.41) is 8.19. The molecular formula is C25H17N7OS. The Bertz CT molecular complexity index is 1940. The van der Waals surface area contributed by atoms with E-state index in [1.165, 1.54) is 0 Å². The van der Waals surface area contributed by atoms with Gasteiger partial charge in [0.2, 0.25) is 5.91 Å². The molecule has 8 nitrogen and oxygen atoms in total. The van der Waals surface area contributed by atoms with Gasteiger partial charge in [-0.25, -0.2) is 9.97 Å². The topological polar surface area (TPSA) is 105 Å². The van der Waals surface area contributed by atoms with Crippen LogP contribution < -0.4 is 0 Å². The summed E-state index contributed by atoms with van der Waals surface area (Å²) >= 11 is 1.55. The van der Waals surface area contributed by atoms with E-state index >= 15 is 0 Å². The van der Waals surface area contributed by atoms with Crippen molar-refractivity contribution in [2.75, 3.05) is 0 Å². The van der Waals surface area contributed by atoms with Crippen LogP contribution in [0.1, 0.15) is 18.1 Å². The summed E-state index contributed by atoms with van der Waals surface area (Å²) in [4.78, 5) is 32.7. The second-order valence-electron chi connectivity index (χ2n) is 8.11. The van der Waals surface area contributed by atoms with Gasteiger partial charge in [0, 0.05) is 33.7 Å². The minimum Gasteiger partial charge on any atom is -0.298 e.